The van der Waals surface area contributed by atoms with Crippen molar-refractivity contribution in [3.05, 3.63) is 65.3 Å². The standard InChI is InChI=1S/C58H86N2O15/c1-33-17-13-12-14-18-34(2)42(51-49(71-9)30-41(69-7)31-50(51)72-10)29-40-22-20-38(6)58(68,75-40)55(65)56(66)60-24-16-15-19-44(60)57(67)74-47(43(59)27-39-21-23-45(61)48(28-39)70-8)32-46(62)35(3)26-37(5)53(64)54(73-11)52(63)36(4)25-33/h12-14,17-18,26,30-31,33,35-36,38-40,42-45,47-48,53-54,61,64,68H,15-16,19-25,27-29,32,59H2,1-11H3/b14-12?,17-13+,34-18?,37-26+/t33-,35-,36-,38-,39+,40+,42?,43-,44+,45-,47+,48-,53-,54+,58-/m1/s1. The summed E-state index contributed by atoms with van der Waals surface area (Å²) in [4.78, 5) is 73.0. The van der Waals surface area contributed by atoms with E-state index in [-0.39, 0.29) is 49.2 Å². The monoisotopic (exact) mass is 1050 g/mol. The third-order valence-electron chi connectivity index (χ3n) is 16.1. The molecule has 3 fully saturated rings. The van der Waals surface area contributed by atoms with Gasteiger partial charge in [-0.15, -0.1) is 0 Å². The van der Waals surface area contributed by atoms with Crippen molar-refractivity contribution in [2.75, 3.05) is 42.1 Å². The number of hydrogen-bond donors (Lipinski definition) is 4. The molecule has 1 aromatic rings. The average Bonchev–Trinajstić information content (AvgIpc) is 3.40. The van der Waals surface area contributed by atoms with Crippen LogP contribution in [-0.2, 0) is 42.9 Å². The van der Waals surface area contributed by atoms with E-state index in [0.717, 1.165) is 10.5 Å². The van der Waals surface area contributed by atoms with E-state index in [1.165, 1.54) is 14.2 Å². The minimum atomic E-state index is -2.54. The van der Waals surface area contributed by atoms with Crippen LogP contribution in [0.3, 0.4) is 0 Å². The summed E-state index contributed by atoms with van der Waals surface area (Å²) in [6, 6.07) is 1.40. The van der Waals surface area contributed by atoms with Gasteiger partial charge in [-0.3, -0.25) is 19.2 Å². The van der Waals surface area contributed by atoms with Gasteiger partial charge in [0.25, 0.3) is 11.7 Å². The second-order valence-electron chi connectivity index (χ2n) is 21.6. The summed E-state index contributed by atoms with van der Waals surface area (Å²) in [7, 11) is 7.52. The molecule has 5 N–H and O–H groups in total. The molecule has 15 atom stereocenters. The van der Waals surface area contributed by atoms with Gasteiger partial charge in [-0.05, 0) is 102 Å². The molecule has 2 saturated heterocycles. The summed E-state index contributed by atoms with van der Waals surface area (Å²) in [5, 5.41) is 34.4. The molecule has 17 nitrogen and oxygen atoms in total. The number of nitrogens with two attached hydrogens (primary N) is 1. The number of rotatable bonds is 9. The third kappa shape index (κ3) is 15.3. The molecule has 4 aliphatic rings. The van der Waals surface area contributed by atoms with E-state index >= 15 is 0 Å². The van der Waals surface area contributed by atoms with Gasteiger partial charge in [0.2, 0.25) is 5.79 Å². The van der Waals surface area contributed by atoms with Crippen molar-refractivity contribution >= 4 is 29.2 Å². The van der Waals surface area contributed by atoms with Gasteiger partial charge in [-0.2, -0.15) is 0 Å². The number of piperidine rings is 1. The molecule has 0 spiro atoms. The molecule has 1 saturated carbocycles. The number of cyclic esters (lactones) is 1. The maximum atomic E-state index is 14.6. The minimum absolute atomic E-state index is 0.0224. The number of esters is 1. The van der Waals surface area contributed by atoms with E-state index in [1.807, 2.05) is 44.2 Å². The Labute approximate surface area is 444 Å². The lowest BCUT2D eigenvalue weighted by atomic mass is 9.80. The Balaban J connectivity index is 1.56. The van der Waals surface area contributed by atoms with Crippen LogP contribution in [0.2, 0.25) is 0 Å². The summed E-state index contributed by atoms with van der Waals surface area (Å²) in [5.41, 5.74) is 8.78. The minimum Gasteiger partial charge on any atom is -0.496 e. The van der Waals surface area contributed by atoms with Crippen LogP contribution in [0.1, 0.15) is 130 Å². The van der Waals surface area contributed by atoms with Crippen LogP contribution in [-0.4, -0.2) is 146 Å². The van der Waals surface area contributed by atoms with Crippen LogP contribution in [0.5, 0.6) is 17.2 Å². The average molecular weight is 1050 g/mol. The number of fused-ring (bicyclic) bond motifs is 3. The zero-order valence-corrected chi connectivity index (χ0v) is 46.2. The van der Waals surface area contributed by atoms with Crippen LogP contribution in [0.4, 0.5) is 0 Å². The fourth-order valence-corrected chi connectivity index (χ4v) is 11.4. The summed E-state index contributed by atoms with van der Waals surface area (Å²) in [6.07, 6.45) is 9.85. The maximum absolute atomic E-state index is 14.6. The van der Waals surface area contributed by atoms with Crippen molar-refractivity contribution in [2.24, 2.45) is 35.3 Å². The first-order chi connectivity index (χ1) is 35.6. The Kier molecular flexibility index (Phi) is 22.8. The molecule has 2 bridgehead atoms. The molecule has 17 heteroatoms. The number of benzene rings is 1. The highest BCUT2D eigenvalue weighted by atomic mass is 16.6. The van der Waals surface area contributed by atoms with Gasteiger partial charge in [0.1, 0.15) is 47.4 Å². The first kappa shape index (κ1) is 61.1. The summed E-state index contributed by atoms with van der Waals surface area (Å²) in [5.74, 6) is -7.52. The summed E-state index contributed by atoms with van der Waals surface area (Å²) < 4.78 is 41.2. The predicted octanol–water partition coefficient (Wildman–Crippen LogP) is 6.67. The molecule has 1 aliphatic carbocycles. The Hall–Kier alpha value is -4.75. The first-order valence-corrected chi connectivity index (χ1v) is 26.8. The molecule has 1 aromatic carbocycles. The number of amides is 1. The van der Waals surface area contributed by atoms with Gasteiger partial charge in [0.05, 0.1) is 39.6 Å². The number of ether oxygens (including phenoxy) is 7. The molecule has 3 aliphatic heterocycles. The largest absolute Gasteiger partial charge is 0.496 e. The number of Topliss-reactive ketones (excluding diaryl/α,β-unsaturated/α-hetero) is 3. The van der Waals surface area contributed by atoms with Crippen molar-refractivity contribution in [1.82, 2.24) is 4.90 Å². The molecule has 418 valence electrons. The van der Waals surface area contributed by atoms with Gasteiger partial charge in [-0.25, -0.2) is 4.79 Å². The highest BCUT2D eigenvalue weighted by Gasteiger charge is 2.53. The molecule has 1 unspecified atom stereocenters. The van der Waals surface area contributed by atoms with E-state index in [1.54, 1.807) is 67.2 Å². The molecule has 3 heterocycles. The van der Waals surface area contributed by atoms with Crippen LogP contribution in [0.25, 0.3) is 0 Å². The number of nitrogens with zero attached hydrogens (tertiary/aromatic N) is 1. The highest BCUT2D eigenvalue weighted by molar-refractivity contribution is 6.39. The lowest BCUT2D eigenvalue weighted by molar-refractivity contribution is -0.264. The quantitative estimate of drug-likeness (QED) is 0.115. The van der Waals surface area contributed by atoms with E-state index < -0.39 is 95.8 Å². The number of hydrogen-bond acceptors (Lipinski definition) is 16. The van der Waals surface area contributed by atoms with Crippen LogP contribution < -0.4 is 19.9 Å². The van der Waals surface area contributed by atoms with Gasteiger partial charge >= 0.3 is 5.97 Å². The Morgan fingerprint density at radius 2 is 1.51 bits per heavy atom. The number of carbonyl (C=O) groups excluding carboxylic acids is 5. The zero-order chi connectivity index (χ0) is 55.3. The molecule has 1 amide bonds. The second kappa shape index (κ2) is 28.0. The van der Waals surface area contributed by atoms with Crippen molar-refractivity contribution < 1.29 is 72.5 Å². The van der Waals surface area contributed by atoms with Gasteiger partial charge in [-0.1, -0.05) is 69.7 Å². The Morgan fingerprint density at radius 3 is 2.15 bits per heavy atom. The van der Waals surface area contributed by atoms with Crippen molar-refractivity contribution in [1.29, 1.82) is 0 Å². The van der Waals surface area contributed by atoms with Crippen LogP contribution in [0, 0.1) is 29.6 Å². The summed E-state index contributed by atoms with van der Waals surface area (Å²) in [6.45, 7) is 10.7. The fraction of sp³-hybridized carbons (Fsp3) is 0.672. The topological polar surface area (TPSA) is 240 Å². The lowest BCUT2D eigenvalue weighted by Crippen LogP contribution is -2.61. The zero-order valence-electron chi connectivity index (χ0n) is 46.2. The predicted molar refractivity (Wildman–Crippen MR) is 282 cm³/mol. The van der Waals surface area contributed by atoms with E-state index in [0.29, 0.717) is 86.2 Å². The first-order valence-electron chi connectivity index (χ1n) is 26.8. The van der Waals surface area contributed by atoms with Gasteiger partial charge in [0, 0.05) is 74.6 Å². The number of aliphatic hydroxyl groups excluding tert-OH is 2. The number of ketones is 3. The maximum Gasteiger partial charge on any atom is 0.329 e. The van der Waals surface area contributed by atoms with E-state index in [2.05, 4.69) is 0 Å². The van der Waals surface area contributed by atoms with Crippen molar-refractivity contribution in [3.63, 3.8) is 0 Å². The number of carbonyl (C=O) groups is 5. The molecular weight excluding hydrogens is 965 g/mol. The SMILES string of the molecule is COc1cc(OC)c(C2C[C@@H]3CC[C@@H](C)[C@@](O)(O3)C(=O)C(=O)N3CCCC[C@H]3C(=O)O[C@H]([C@H](N)C[C@@H]3CC[C@@H](O)[C@H](OC)C3)CC(=O)[C@H](C)/C=C(\C)[C@@H](O)[C@@H](OC)C(=O)[C@H](C)C[C@H](C)/C=C/C=CC=C2C)c(OC)c1. The summed E-state index contributed by atoms with van der Waals surface area (Å²) >= 11 is 0. The normalized spacial score (nSPS) is 35.3. The van der Waals surface area contributed by atoms with E-state index in [4.69, 9.17) is 38.9 Å². The second-order valence-corrected chi connectivity index (χ2v) is 21.6. The third-order valence-corrected chi connectivity index (χ3v) is 16.1. The molecule has 0 aromatic heterocycles. The Morgan fingerprint density at radius 1 is 0.813 bits per heavy atom. The highest BCUT2D eigenvalue weighted by Crippen LogP contribution is 2.46. The lowest BCUT2D eigenvalue weighted by Gasteiger charge is -2.43. The molecular formula is C58H86N2O15. The van der Waals surface area contributed by atoms with Crippen molar-refractivity contribution in [3.8, 4) is 17.2 Å². The fourth-order valence-electron chi connectivity index (χ4n) is 11.4. The number of aliphatic hydroxyl groups is 3. The van der Waals surface area contributed by atoms with Crippen LogP contribution >= 0.6 is 0 Å². The molecule has 0 radical (unpaired) electrons. The Bertz CT molecular complexity index is 2230. The van der Waals surface area contributed by atoms with Crippen LogP contribution in [0.15, 0.2) is 59.7 Å². The molecule has 5 rings (SSSR count). The van der Waals surface area contributed by atoms with E-state index in [9.17, 15) is 39.3 Å². The van der Waals surface area contributed by atoms with Gasteiger partial charge < -0.3 is 59.1 Å². The smallest absolute Gasteiger partial charge is 0.329 e. The molecule has 75 heavy (non-hydrogen) atoms. The number of methoxy groups -OCH3 is 5. The number of allylic oxidation sites excluding steroid dienone is 7. The van der Waals surface area contributed by atoms with Crippen molar-refractivity contribution in [2.45, 2.75) is 179 Å². The van der Waals surface area contributed by atoms with Gasteiger partial charge in [0.15, 0.2) is 5.78 Å².